The Morgan fingerprint density at radius 1 is 1.10 bits per heavy atom. The molecule has 3 atom stereocenters. The van der Waals surface area contributed by atoms with Crippen LogP contribution in [0.15, 0.2) is 54.7 Å². The van der Waals surface area contributed by atoms with Crippen molar-refractivity contribution in [3.8, 4) is 0 Å². The van der Waals surface area contributed by atoms with E-state index in [-0.39, 0.29) is 29.7 Å². The Morgan fingerprint density at radius 3 is 2.65 bits per heavy atom. The topological polar surface area (TPSA) is 106 Å². The number of nitrogens with one attached hydrogen (secondary N) is 2. The van der Waals surface area contributed by atoms with Crippen molar-refractivity contribution in [1.29, 1.82) is 0 Å². The molecule has 214 valence electrons. The number of allylic oxidation sites excluding steroid dienone is 2. The van der Waals surface area contributed by atoms with E-state index in [2.05, 4.69) is 27.9 Å². The van der Waals surface area contributed by atoms with Gasteiger partial charge in [-0.1, -0.05) is 42.5 Å². The van der Waals surface area contributed by atoms with Gasteiger partial charge in [0.2, 0.25) is 17.7 Å². The molecule has 2 N–H and O–H groups in total. The van der Waals surface area contributed by atoms with Gasteiger partial charge in [0.05, 0.1) is 5.41 Å². The monoisotopic (exact) mass is 547 g/mol. The first kappa shape index (κ1) is 28.1. The van der Waals surface area contributed by atoms with Crippen LogP contribution < -0.4 is 10.6 Å². The van der Waals surface area contributed by atoms with Crippen LogP contribution in [-0.4, -0.2) is 70.8 Å². The third-order valence-electron chi connectivity index (χ3n) is 8.88. The van der Waals surface area contributed by atoms with Gasteiger partial charge >= 0.3 is 0 Å². The van der Waals surface area contributed by atoms with Gasteiger partial charge in [0.25, 0.3) is 0 Å². The molecule has 9 nitrogen and oxygen atoms in total. The first-order valence-corrected chi connectivity index (χ1v) is 14.6. The van der Waals surface area contributed by atoms with E-state index in [1.165, 1.54) is 0 Å². The van der Waals surface area contributed by atoms with Crippen molar-refractivity contribution < 1.29 is 19.1 Å². The van der Waals surface area contributed by atoms with Crippen LogP contribution in [0.4, 0.5) is 0 Å². The van der Waals surface area contributed by atoms with E-state index in [1.807, 2.05) is 53.0 Å². The van der Waals surface area contributed by atoms with Gasteiger partial charge in [-0.05, 0) is 50.2 Å². The third-order valence-corrected chi connectivity index (χ3v) is 8.88. The summed E-state index contributed by atoms with van der Waals surface area (Å²) in [6, 6.07) is 11.0. The number of carbonyl (C=O) groups excluding carboxylic acids is 3. The SMILES string of the molecule is Cn1nccc1CCC(=O)N1CC[C@@H]2NC(=O)[C@@H](Cc3ccccc3)NC(=O)C3(C/C=C/C[C@@H]2C1)CCOCC3. The maximum absolute atomic E-state index is 13.7. The number of piperidine rings is 1. The summed E-state index contributed by atoms with van der Waals surface area (Å²) < 4.78 is 7.40. The number of fused-ring (bicyclic) bond motifs is 1. The molecule has 0 aliphatic carbocycles. The molecule has 1 spiro atoms. The smallest absolute Gasteiger partial charge is 0.243 e. The summed E-state index contributed by atoms with van der Waals surface area (Å²) in [5, 5.41) is 10.6. The number of aryl methyl sites for hydroxylation is 2. The van der Waals surface area contributed by atoms with Gasteiger partial charge in [0, 0.05) is 70.0 Å². The second-order valence-corrected chi connectivity index (χ2v) is 11.5. The first-order chi connectivity index (χ1) is 19.4. The lowest BCUT2D eigenvalue weighted by Crippen LogP contribution is -2.58. The Hall–Kier alpha value is -3.46. The third kappa shape index (κ3) is 6.63. The number of aromatic nitrogens is 2. The number of hydrogen-bond acceptors (Lipinski definition) is 5. The summed E-state index contributed by atoms with van der Waals surface area (Å²) in [7, 11) is 1.89. The normalized spacial score (nSPS) is 26.1. The molecule has 2 fully saturated rings. The molecule has 1 aromatic carbocycles. The second-order valence-electron chi connectivity index (χ2n) is 11.5. The highest BCUT2D eigenvalue weighted by Crippen LogP contribution is 2.36. The molecule has 4 heterocycles. The summed E-state index contributed by atoms with van der Waals surface area (Å²) in [4.78, 5) is 42.5. The van der Waals surface area contributed by atoms with Crippen molar-refractivity contribution in [2.45, 2.75) is 63.5 Å². The quantitative estimate of drug-likeness (QED) is 0.560. The molecule has 40 heavy (non-hydrogen) atoms. The standard InChI is InChI=1S/C31H41N5O4/c1-35-25(12-17-32-35)10-11-28(37)36-18-13-26-24(22-36)9-5-6-14-31(15-19-40-20-16-31)30(39)34-27(29(38)33-26)21-23-7-3-2-4-8-23/h2-8,12,17,24,26-27H,9-11,13-16,18-22H2,1H3,(H,33,38)(H,34,39)/b6-5+/t24-,26+,27-/m1/s1. The summed E-state index contributed by atoms with van der Waals surface area (Å²) in [5.74, 6) is 0.0154. The zero-order valence-electron chi connectivity index (χ0n) is 23.4. The Labute approximate surface area is 236 Å². The number of rotatable bonds is 5. The number of amides is 3. The molecule has 3 amide bonds. The molecule has 5 rings (SSSR count). The van der Waals surface area contributed by atoms with E-state index >= 15 is 0 Å². The molecule has 9 heteroatoms. The van der Waals surface area contributed by atoms with Gasteiger partial charge < -0.3 is 20.3 Å². The molecular weight excluding hydrogens is 506 g/mol. The van der Waals surface area contributed by atoms with Crippen LogP contribution in [0, 0.1) is 11.3 Å². The molecule has 1 aromatic heterocycles. The summed E-state index contributed by atoms with van der Waals surface area (Å²) >= 11 is 0. The van der Waals surface area contributed by atoms with Crippen molar-refractivity contribution in [3.05, 3.63) is 66.0 Å². The van der Waals surface area contributed by atoms with Crippen molar-refractivity contribution in [1.82, 2.24) is 25.3 Å². The van der Waals surface area contributed by atoms with Gasteiger partial charge in [-0.15, -0.1) is 0 Å². The van der Waals surface area contributed by atoms with Gasteiger partial charge in [0.15, 0.2) is 0 Å². The predicted molar refractivity (Wildman–Crippen MR) is 151 cm³/mol. The van der Waals surface area contributed by atoms with Gasteiger partial charge in [-0.2, -0.15) is 5.10 Å². The maximum Gasteiger partial charge on any atom is 0.243 e. The second kappa shape index (κ2) is 12.8. The van der Waals surface area contributed by atoms with E-state index in [1.54, 1.807) is 6.20 Å². The van der Waals surface area contributed by atoms with E-state index in [0.717, 1.165) is 17.7 Å². The first-order valence-electron chi connectivity index (χ1n) is 14.6. The van der Waals surface area contributed by atoms with Crippen molar-refractivity contribution in [2.75, 3.05) is 26.3 Å². The Morgan fingerprint density at radius 2 is 1.90 bits per heavy atom. The van der Waals surface area contributed by atoms with E-state index in [4.69, 9.17) is 4.74 Å². The number of nitrogens with zero attached hydrogens (tertiary/aromatic N) is 3. The summed E-state index contributed by atoms with van der Waals surface area (Å²) in [6.45, 7) is 2.29. The summed E-state index contributed by atoms with van der Waals surface area (Å²) in [5.41, 5.74) is 1.46. The number of hydrogen-bond donors (Lipinski definition) is 2. The number of likely N-dealkylation sites (tertiary alicyclic amines) is 1. The maximum atomic E-state index is 13.7. The molecular formula is C31H41N5O4. The highest BCUT2D eigenvalue weighted by Gasteiger charge is 2.41. The molecule has 3 aliphatic heterocycles. The minimum Gasteiger partial charge on any atom is -0.381 e. The van der Waals surface area contributed by atoms with Crippen LogP contribution >= 0.6 is 0 Å². The lowest BCUT2D eigenvalue weighted by molar-refractivity contribution is -0.140. The molecule has 0 saturated carbocycles. The molecule has 2 aromatic rings. The number of benzene rings is 1. The zero-order valence-corrected chi connectivity index (χ0v) is 23.4. The van der Waals surface area contributed by atoms with Gasteiger partial charge in [-0.3, -0.25) is 19.1 Å². The van der Waals surface area contributed by atoms with Crippen LogP contribution in [0.25, 0.3) is 0 Å². The van der Waals surface area contributed by atoms with E-state index in [0.29, 0.717) is 71.2 Å². The van der Waals surface area contributed by atoms with Crippen molar-refractivity contribution >= 4 is 17.7 Å². The van der Waals surface area contributed by atoms with Crippen LogP contribution in [0.1, 0.15) is 49.8 Å². The average Bonchev–Trinajstić information content (AvgIpc) is 3.39. The van der Waals surface area contributed by atoms with E-state index in [9.17, 15) is 14.4 Å². The molecule has 0 unspecified atom stereocenters. The van der Waals surface area contributed by atoms with Crippen LogP contribution in [0.3, 0.4) is 0 Å². The Bertz CT molecular complexity index is 1200. The highest BCUT2D eigenvalue weighted by atomic mass is 16.5. The summed E-state index contributed by atoms with van der Waals surface area (Å²) in [6.07, 6.45) is 10.9. The van der Waals surface area contributed by atoms with Crippen LogP contribution in [0.2, 0.25) is 0 Å². The Balaban J connectivity index is 1.33. The fourth-order valence-electron chi connectivity index (χ4n) is 6.25. The number of carbonyl (C=O) groups is 3. The fourth-order valence-corrected chi connectivity index (χ4v) is 6.25. The minimum atomic E-state index is -0.669. The van der Waals surface area contributed by atoms with Crippen molar-refractivity contribution in [3.63, 3.8) is 0 Å². The van der Waals surface area contributed by atoms with Gasteiger partial charge in [0.1, 0.15) is 6.04 Å². The Kier molecular flexibility index (Phi) is 8.99. The zero-order chi connectivity index (χ0) is 28.0. The largest absolute Gasteiger partial charge is 0.381 e. The lowest BCUT2D eigenvalue weighted by Gasteiger charge is -2.40. The lowest BCUT2D eigenvalue weighted by atomic mass is 9.75. The van der Waals surface area contributed by atoms with Gasteiger partial charge in [-0.25, -0.2) is 0 Å². The molecule has 3 aliphatic rings. The molecule has 2 saturated heterocycles. The fraction of sp³-hybridized carbons (Fsp3) is 0.548. The van der Waals surface area contributed by atoms with Crippen LogP contribution in [-0.2, 0) is 39.0 Å². The minimum absolute atomic E-state index is 0.0649. The molecule has 0 bridgehead atoms. The van der Waals surface area contributed by atoms with Crippen LogP contribution in [0.5, 0.6) is 0 Å². The van der Waals surface area contributed by atoms with Crippen molar-refractivity contribution in [2.24, 2.45) is 18.4 Å². The number of ether oxygens (including phenoxy) is 1. The predicted octanol–water partition coefficient (Wildman–Crippen LogP) is 2.56. The highest BCUT2D eigenvalue weighted by molar-refractivity contribution is 5.90. The van der Waals surface area contributed by atoms with E-state index < -0.39 is 11.5 Å². The molecule has 0 radical (unpaired) electrons. The average molecular weight is 548 g/mol.